The van der Waals surface area contributed by atoms with E-state index in [2.05, 4.69) is 22.3 Å². The van der Waals surface area contributed by atoms with Crippen LogP contribution in [0, 0.1) is 0 Å². The number of amides is 1. The highest BCUT2D eigenvalue weighted by molar-refractivity contribution is 5.91. The number of nitrogens with one attached hydrogen (secondary N) is 2. The Morgan fingerprint density at radius 3 is 3.00 bits per heavy atom. The third-order valence-electron chi connectivity index (χ3n) is 1.50. The lowest BCUT2D eigenvalue weighted by Crippen LogP contribution is -2.27. The van der Waals surface area contributed by atoms with Crippen molar-refractivity contribution in [3.63, 3.8) is 0 Å². The second kappa shape index (κ2) is 6.36. The van der Waals surface area contributed by atoms with Crippen LogP contribution in [0.5, 0.6) is 0 Å². The van der Waals surface area contributed by atoms with Crippen LogP contribution >= 0.6 is 0 Å². The lowest BCUT2D eigenvalue weighted by Gasteiger charge is -2.04. The Morgan fingerprint density at radius 1 is 1.56 bits per heavy atom. The topological polar surface area (TPSA) is 93.3 Å². The fourth-order valence-electron chi connectivity index (χ4n) is 0.813. The second-order valence-electron chi connectivity index (χ2n) is 2.62. The van der Waals surface area contributed by atoms with E-state index in [1.165, 1.54) is 18.4 Å². The normalized spacial score (nSPS) is 9.50. The van der Waals surface area contributed by atoms with Crippen LogP contribution in [0.1, 0.15) is 10.5 Å². The van der Waals surface area contributed by atoms with E-state index in [0.29, 0.717) is 0 Å². The standard InChI is InChI=1S/C9H11N3O4/c1-2-15-5-6-16-12-9(14)7-3-4-8(13)11-10-7/h2-4H,1,5-6H2,(H,11,13)(H,12,14). The van der Waals surface area contributed by atoms with Crippen LogP contribution < -0.4 is 11.0 Å². The summed E-state index contributed by atoms with van der Waals surface area (Å²) in [7, 11) is 0. The molecule has 1 aromatic heterocycles. The first kappa shape index (κ1) is 11.9. The summed E-state index contributed by atoms with van der Waals surface area (Å²) >= 11 is 0. The van der Waals surface area contributed by atoms with Gasteiger partial charge in [0.15, 0.2) is 5.69 Å². The van der Waals surface area contributed by atoms with E-state index in [1.54, 1.807) is 0 Å². The molecule has 0 aliphatic heterocycles. The van der Waals surface area contributed by atoms with E-state index in [1.807, 2.05) is 0 Å². The Kier molecular flexibility index (Phi) is 4.74. The number of carbonyl (C=O) groups excluding carboxylic acids is 1. The van der Waals surface area contributed by atoms with E-state index in [0.717, 1.165) is 0 Å². The molecule has 1 amide bonds. The minimum atomic E-state index is -0.546. The molecule has 0 atom stereocenters. The summed E-state index contributed by atoms with van der Waals surface area (Å²) in [5.41, 5.74) is 1.82. The van der Waals surface area contributed by atoms with Gasteiger partial charge in [-0.3, -0.25) is 14.4 Å². The van der Waals surface area contributed by atoms with Gasteiger partial charge in [-0.25, -0.2) is 10.6 Å². The lowest BCUT2D eigenvalue weighted by atomic mass is 10.4. The molecule has 0 aromatic carbocycles. The SMILES string of the molecule is C=COCCONC(=O)c1ccc(=O)[nH]n1. The van der Waals surface area contributed by atoms with Gasteiger partial charge in [0.05, 0.1) is 6.26 Å². The zero-order valence-electron chi connectivity index (χ0n) is 8.43. The van der Waals surface area contributed by atoms with Crippen LogP contribution in [0.15, 0.2) is 29.8 Å². The van der Waals surface area contributed by atoms with Crippen molar-refractivity contribution in [3.05, 3.63) is 41.0 Å². The van der Waals surface area contributed by atoms with E-state index in [4.69, 9.17) is 9.57 Å². The summed E-state index contributed by atoms with van der Waals surface area (Å²) in [6.07, 6.45) is 1.27. The Bertz CT molecular complexity index is 395. The molecule has 0 fully saturated rings. The monoisotopic (exact) mass is 225 g/mol. The molecule has 1 aromatic rings. The number of nitrogens with zero attached hydrogens (tertiary/aromatic N) is 1. The van der Waals surface area contributed by atoms with Gasteiger partial charge in [0.2, 0.25) is 0 Å². The number of hydrogen-bond acceptors (Lipinski definition) is 5. The van der Waals surface area contributed by atoms with E-state index in [-0.39, 0.29) is 24.5 Å². The maximum absolute atomic E-state index is 11.3. The summed E-state index contributed by atoms with van der Waals surface area (Å²) in [6, 6.07) is 2.49. The zero-order chi connectivity index (χ0) is 11.8. The second-order valence-corrected chi connectivity index (χ2v) is 2.62. The Labute approximate surface area is 91.0 Å². The number of hydrogen-bond donors (Lipinski definition) is 2. The van der Waals surface area contributed by atoms with E-state index >= 15 is 0 Å². The number of aromatic nitrogens is 2. The molecule has 0 radical (unpaired) electrons. The molecule has 16 heavy (non-hydrogen) atoms. The quantitative estimate of drug-likeness (QED) is 0.390. The Hall–Kier alpha value is -2.15. The van der Waals surface area contributed by atoms with Crippen molar-refractivity contribution in [3.8, 4) is 0 Å². The highest BCUT2D eigenvalue weighted by Gasteiger charge is 2.06. The van der Waals surface area contributed by atoms with Gasteiger partial charge in [0, 0.05) is 6.07 Å². The van der Waals surface area contributed by atoms with Crippen molar-refractivity contribution in [1.82, 2.24) is 15.7 Å². The van der Waals surface area contributed by atoms with E-state index in [9.17, 15) is 9.59 Å². The molecule has 1 heterocycles. The molecule has 0 saturated carbocycles. The predicted molar refractivity (Wildman–Crippen MR) is 54.4 cm³/mol. The first-order chi connectivity index (χ1) is 7.74. The Balaban J connectivity index is 2.32. The fourth-order valence-corrected chi connectivity index (χ4v) is 0.813. The maximum Gasteiger partial charge on any atom is 0.295 e. The molecule has 1 rings (SSSR count). The minimum Gasteiger partial charge on any atom is -0.499 e. The van der Waals surface area contributed by atoms with Crippen molar-refractivity contribution in [2.75, 3.05) is 13.2 Å². The number of H-pyrrole nitrogens is 1. The van der Waals surface area contributed by atoms with Gasteiger partial charge < -0.3 is 4.74 Å². The van der Waals surface area contributed by atoms with Crippen molar-refractivity contribution >= 4 is 5.91 Å². The largest absolute Gasteiger partial charge is 0.499 e. The molecule has 0 unspecified atom stereocenters. The minimum absolute atomic E-state index is 0.0595. The first-order valence-corrected chi connectivity index (χ1v) is 4.44. The van der Waals surface area contributed by atoms with Crippen molar-refractivity contribution in [2.45, 2.75) is 0 Å². The van der Waals surface area contributed by atoms with Gasteiger partial charge in [-0.15, -0.1) is 0 Å². The third kappa shape index (κ3) is 3.93. The molecule has 7 nitrogen and oxygen atoms in total. The first-order valence-electron chi connectivity index (χ1n) is 4.44. The molecular formula is C9H11N3O4. The van der Waals surface area contributed by atoms with Crippen LogP contribution in [0.2, 0.25) is 0 Å². The highest BCUT2D eigenvalue weighted by Crippen LogP contribution is 1.88. The van der Waals surface area contributed by atoms with Crippen molar-refractivity contribution < 1.29 is 14.4 Å². The summed E-state index contributed by atoms with van der Waals surface area (Å²) in [5, 5.41) is 5.65. The number of ether oxygens (including phenoxy) is 1. The lowest BCUT2D eigenvalue weighted by molar-refractivity contribution is 0.0140. The number of rotatable bonds is 6. The fraction of sp³-hybridized carbons (Fsp3) is 0.222. The molecule has 0 bridgehead atoms. The van der Waals surface area contributed by atoms with Crippen LogP contribution in [0.3, 0.4) is 0 Å². The summed E-state index contributed by atoms with van der Waals surface area (Å²) < 4.78 is 4.76. The Morgan fingerprint density at radius 2 is 2.38 bits per heavy atom. The summed E-state index contributed by atoms with van der Waals surface area (Å²) in [5.74, 6) is -0.546. The molecule has 0 spiro atoms. The number of carbonyl (C=O) groups is 1. The molecule has 7 heteroatoms. The molecule has 2 N–H and O–H groups in total. The smallest absolute Gasteiger partial charge is 0.295 e. The summed E-state index contributed by atoms with van der Waals surface area (Å²) in [6.45, 7) is 3.80. The highest BCUT2D eigenvalue weighted by atomic mass is 16.7. The summed E-state index contributed by atoms with van der Waals surface area (Å²) in [4.78, 5) is 26.8. The van der Waals surface area contributed by atoms with Gasteiger partial charge in [-0.05, 0) is 6.07 Å². The van der Waals surface area contributed by atoms with Gasteiger partial charge >= 0.3 is 0 Å². The van der Waals surface area contributed by atoms with Gasteiger partial charge in [0.25, 0.3) is 11.5 Å². The van der Waals surface area contributed by atoms with Gasteiger partial charge in [-0.2, -0.15) is 5.10 Å². The van der Waals surface area contributed by atoms with Crippen LogP contribution in [-0.2, 0) is 9.57 Å². The number of aromatic amines is 1. The average molecular weight is 225 g/mol. The predicted octanol–water partition coefficient (Wildman–Crippen LogP) is -0.409. The van der Waals surface area contributed by atoms with Crippen molar-refractivity contribution in [2.24, 2.45) is 0 Å². The maximum atomic E-state index is 11.3. The van der Waals surface area contributed by atoms with Crippen LogP contribution in [-0.4, -0.2) is 29.3 Å². The van der Waals surface area contributed by atoms with Crippen molar-refractivity contribution in [1.29, 1.82) is 0 Å². The number of hydroxylamine groups is 1. The van der Waals surface area contributed by atoms with Gasteiger partial charge in [-0.1, -0.05) is 6.58 Å². The van der Waals surface area contributed by atoms with Crippen LogP contribution in [0.4, 0.5) is 0 Å². The van der Waals surface area contributed by atoms with Gasteiger partial charge in [0.1, 0.15) is 13.2 Å². The molecular weight excluding hydrogens is 214 g/mol. The van der Waals surface area contributed by atoms with E-state index < -0.39 is 5.91 Å². The molecule has 0 aliphatic rings. The zero-order valence-corrected chi connectivity index (χ0v) is 8.43. The third-order valence-corrected chi connectivity index (χ3v) is 1.50. The molecule has 86 valence electrons. The average Bonchev–Trinajstić information content (AvgIpc) is 2.29. The molecule has 0 saturated heterocycles. The van der Waals surface area contributed by atoms with Crippen LogP contribution in [0.25, 0.3) is 0 Å². The molecule has 0 aliphatic carbocycles.